The molecule has 0 spiro atoms. The number of halogens is 1. The molecular formula is C11H9BrN2O2. The predicted octanol–water partition coefficient (Wildman–Crippen LogP) is 2.39. The summed E-state index contributed by atoms with van der Waals surface area (Å²) in [6.45, 7) is 0.460. The molecule has 0 aliphatic heterocycles. The minimum absolute atomic E-state index is 0.197. The molecule has 0 saturated heterocycles. The Balaban J connectivity index is 2.23. The summed E-state index contributed by atoms with van der Waals surface area (Å²) >= 11 is 3.34. The van der Waals surface area contributed by atoms with Crippen molar-refractivity contribution in [1.82, 2.24) is 9.78 Å². The van der Waals surface area contributed by atoms with Crippen LogP contribution in [0.25, 0.3) is 0 Å². The highest BCUT2D eigenvalue weighted by molar-refractivity contribution is 9.10. The number of hydrogen-bond acceptors (Lipinski definition) is 2. The van der Waals surface area contributed by atoms with Gasteiger partial charge in [-0.3, -0.25) is 4.68 Å². The number of rotatable bonds is 3. The monoisotopic (exact) mass is 280 g/mol. The zero-order valence-corrected chi connectivity index (χ0v) is 9.89. The van der Waals surface area contributed by atoms with Crippen LogP contribution >= 0.6 is 15.9 Å². The van der Waals surface area contributed by atoms with Crippen molar-refractivity contribution in [3.63, 3.8) is 0 Å². The minimum atomic E-state index is -0.963. The molecule has 1 heterocycles. The number of nitrogens with zero attached hydrogens (tertiary/aromatic N) is 2. The highest BCUT2D eigenvalue weighted by atomic mass is 79.9. The lowest BCUT2D eigenvalue weighted by Gasteiger charge is -2.04. The zero-order chi connectivity index (χ0) is 11.5. The maximum atomic E-state index is 10.9. The van der Waals surface area contributed by atoms with Crippen molar-refractivity contribution < 1.29 is 9.90 Å². The number of carbonyl (C=O) groups is 1. The fourth-order valence-corrected chi connectivity index (χ4v) is 1.67. The maximum absolute atomic E-state index is 10.9. The second kappa shape index (κ2) is 4.49. The fraction of sp³-hybridized carbons (Fsp3) is 0.0909. The van der Waals surface area contributed by atoms with Gasteiger partial charge in [0.25, 0.3) is 0 Å². The smallest absolute Gasteiger partial charge is 0.354 e. The van der Waals surface area contributed by atoms with Gasteiger partial charge in [0.15, 0.2) is 0 Å². The van der Waals surface area contributed by atoms with Gasteiger partial charge in [-0.25, -0.2) is 4.79 Å². The van der Waals surface area contributed by atoms with E-state index in [9.17, 15) is 4.79 Å². The molecule has 16 heavy (non-hydrogen) atoms. The molecule has 2 rings (SSSR count). The number of aromatic nitrogens is 2. The fourth-order valence-electron chi connectivity index (χ4n) is 1.40. The summed E-state index contributed by atoms with van der Waals surface area (Å²) in [5, 5.41) is 12.9. The van der Waals surface area contributed by atoms with Gasteiger partial charge in [-0.05, 0) is 23.8 Å². The molecule has 82 valence electrons. The van der Waals surface area contributed by atoms with Crippen molar-refractivity contribution in [3.8, 4) is 0 Å². The summed E-state index contributed by atoms with van der Waals surface area (Å²) in [6.07, 6.45) is 1.49. The second-order valence-electron chi connectivity index (χ2n) is 3.31. The summed E-state index contributed by atoms with van der Waals surface area (Å²) < 4.78 is 2.46. The van der Waals surface area contributed by atoms with Gasteiger partial charge in [0.2, 0.25) is 0 Å². The average Bonchev–Trinajstić information content (AvgIpc) is 2.69. The van der Waals surface area contributed by atoms with Crippen molar-refractivity contribution >= 4 is 21.9 Å². The van der Waals surface area contributed by atoms with E-state index < -0.39 is 5.97 Å². The first-order chi connectivity index (χ1) is 7.66. The SMILES string of the molecule is O=C(O)c1ccnn1Cc1ccc(Br)cc1. The standard InChI is InChI=1S/C11H9BrN2O2/c12-9-3-1-8(2-4-9)7-14-10(11(15)16)5-6-13-14/h1-6H,7H2,(H,15,16). The molecule has 0 saturated carbocycles. The van der Waals surface area contributed by atoms with Crippen molar-refractivity contribution in [2.75, 3.05) is 0 Å². The van der Waals surface area contributed by atoms with Crippen molar-refractivity contribution in [1.29, 1.82) is 0 Å². The summed E-state index contributed by atoms with van der Waals surface area (Å²) in [7, 11) is 0. The van der Waals surface area contributed by atoms with E-state index in [1.54, 1.807) is 0 Å². The molecule has 0 radical (unpaired) electrons. The third-order valence-electron chi connectivity index (χ3n) is 2.18. The Bertz CT molecular complexity index is 505. The summed E-state index contributed by atoms with van der Waals surface area (Å²) in [6, 6.07) is 9.18. The lowest BCUT2D eigenvalue weighted by atomic mass is 10.2. The lowest BCUT2D eigenvalue weighted by molar-refractivity contribution is 0.0684. The third kappa shape index (κ3) is 2.30. The maximum Gasteiger partial charge on any atom is 0.354 e. The summed E-state index contributed by atoms with van der Waals surface area (Å²) in [5.74, 6) is -0.963. The first-order valence-corrected chi connectivity index (χ1v) is 5.45. The van der Waals surface area contributed by atoms with E-state index in [0.29, 0.717) is 6.54 Å². The predicted molar refractivity (Wildman–Crippen MR) is 62.4 cm³/mol. The molecule has 0 atom stereocenters. The number of carboxylic acids is 1. The van der Waals surface area contributed by atoms with Crippen LogP contribution < -0.4 is 0 Å². The van der Waals surface area contributed by atoms with E-state index in [0.717, 1.165) is 10.0 Å². The molecule has 0 amide bonds. The second-order valence-corrected chi connectivity index (χ2v) is 4.22. The number of benzene rings is 1. The van der Waals surface area contributed by atoms with Crippen molar-refractivity contribution in [2.45, 2.75) is 6.54 Å². The molecule has 1 aromatic carbocycles. The van der Waals surface area contributed by atoms with Crippen LogP contribution in [-0.4, -0.2) is 20.9 Å². The number of hydrogen-bond donors (Lipinski definition) is 1. The molecule has 0 unspecified atom stereocenters. The van der Waals surface area contributed by atoms with Crippen LogP contribution in [0.15, 0.2) is 41.0 Å². The Morgan fingerprint density at radius 1 is 1.31 bits per heavy atom. The van der Waals surface area contributed by atoms with E-state index in [1.807, 2.05) is 24.3 Å². The van der Waals surface area contributed by atoms with Crippen LogP contribution in [0, 0.1) is 0 Å². The largest absolute Gasteiger partial charge is 0.477 e. The molecule has 0 aliphatic carbocycles. The Labute approximate surface area is 101 Å². The van der Waals surface area contributed by atoms with Crippen LogP contribution in [0.2, 0.25) is 0 Å². The van der Waals surface area contributed by atoms with Gasteiger partial charge in [0, 0.05) is 10.7 Å². The number of aromatic carboxylic acids is 1. The molecule has 0 aliphatic rings. The lowest BCUT2D eigenvalue weighted by Crippen LogP contribution is -2.10. The molecular weight excluding hydrogens is 272 g/mol. The van der Waals surface area contributed by atoms with Gasteiger partial charge in [-0.1, -0.05) is 28.1 Å². The highest BCUT2D eigenvalue weighted by Gasteiger charge is 2.09. The van der Waals surface area contributed by atoms with Crippen molar-refractivity contribution in [2.24, 2.45) is 0 Å². The van der Waals surface area contributed by atoms with E-state index in [-0.39, 0.29) is 5.69 Å². The summed E-state index contributed by atoms with van der Waals surface area (Å²) in [5.41, 5.74) is 1.21. The van der Waals surface area contributed by atoms with Crippen LogP contribution in [-0.2, 0) is 6.54 Å². The van der Waals surface area contributed by atoms with Gasteiger partial charge < -0.3 is 5.11 Å². The van der Waals surface area contributed by atoms with E-state index >= 15 is 0 Å². The highest BCUT2D eigenvalue weighted by Crippen LogP contribution is 2.12. The Morgan fingerprint density at radius 3 is 2.62 bits per heavy atom. The van der Waals surface area contributed by atoms with E-state index in [4.69, 9.17) is 5.11 Å². The summed E-state index contributed by atoms with van der Waals surface area (Å²) in [4.78, 5) is 10.9. The molecule has 1 aromatic heterocycles. The molecule has 4 nitrogen and oxygen atoms in total. The Morgan fingerprint density at radius 2 is 2.00 bits per heavy atom. The van der Waals surface area contributed by atoms with Gasteiger partial charge in [-0.2, -0.15) is 5.10 Å². The van der Waals surface area contributed by atoms with Crippen LogP contribution in [0.1, 0.15) is 16.1 Å². The van der Waals surface area contributed by atoms with Gasteiger partial charge in [-0.15, -0.1) is 0 Å². The molecule has 0 bridgehead atoms. The normalized spacial score (nSPS) is 10.3. The van der Waals surface area contributed by atoms with E-state index in [2.05, 4.69) is 21.0 Å². The molecule has 1 N–H and O–H groups in total. The topological polar surface area (TPSA) is 55.1 Å². The Hall–Kier alpha value is -1.62. The van der Waals surface area contributed by atoms with Gasteiger partial charge in [0.1, 0.15) is 5.69 Å². The van der Waals surface area contributed by atoms with Crippen LogP contribution in [0.5, 0.6) is 0 Å². The third-order valence-corrected chi connectivity index (χ3v) is 2.71. The average molecular weight is 281 g/mol. The Kier molecular flexibility index (Phi) is 3.05. The number of carboxylic acid groups (broad SMARTS) is 1. The quantitative estimate of drug-likeness (QED) is 0.939. The van der Waals surface area contributed by atoms with Crippen molar-refractivity contribution in [3.05, 3.63) is 52.3 Å². The zero-order valence-electron chi connectivity index (χ0n) is 8.30. The van der Waals surface area contributed by atoms with Gasteiger partial charge >= 0.3 is 5.97 Å². The minimum Gasteiger partial charge on any atom is -0.477 e. The first kappa shape index (κ1) is 10.9. The molecule has 0 fully saturated rings. The molecule has 5 heteroatoms. The van der Waals surface area contributed by atoms with E-state index in [1.165, 1.54) is 16.9 Å². The van der Waals surface area contributed by atoms with Crippen LogP contribution in [0.4, 0.5) is 0 Å². The van der Waals surface area contributed by atoms with Gasteiger partial charge in [0.05, 0.1) is 6.54 Å². The van der Waals surface area contributed by atoms with Crippen LogP contribution in [0.3, 0.4) is 0 Å². The first-order valence-electron chi connectivity index (χ1n) is 4.66. The molecule has 2 aromatic rings.